The number of rotatable bonds is 9. The molecule has 1 heterocycles. The van der Waals surface area contributed by atoms with Gasteiger partial charge in [-0.1, -0.05) is 45.8 Å². The van der Waals surface area contributed by atoms with Crippen molar-refractivity contribution in [2.24, 2.45) is 45.8 Å². The summed E-state index contributed by atoms with van der Waals surface area (Å²) < 4.78 is 18.8. The molecule has 4 aliphatic carbocycles. The highest BCUT2D eigenvalue weighted by molar-refractivity contribution is 5.90. The molecule has 4 fully saturated rings. The first-order valence-electron chi connectivity index (χ1n) is 14.6. The highest BCUT2D eigenvalue weighted by Gasteiger charge is 2.84. The minimum atomic E-state index is -1.21. The van der Waals surface area contributed by atoms with Gasteiger partial charge in [0.15, 0.2) is 6.29 Å². The number of carboxylic acid groups (broad SMARTS) is 1. The predicted molar refractivity (Wildman–Crippen MR) is 140 cm³/mol. The summed E-state index contributed by atoms with van der Waals surface area (Å²) in [7, 11) is 1.72. The molecular weight excluding hydrogens is 470 g/mol. The smallest absolute Gasteiger partial charge is 0.315 e. The summed E-state index contributed by atoms with van der Waals surface area (Å²) in [5.74, 6) is 0.246. The number of aliphatic carboxylic acids is 1. The third-order valence-corrected chi connectivity index (χ3v) is 11.2. The lowest BCUT2D eigenvalue weighted by Crippen LogP contribution is -2.63. The minimum absolute atomic E-state index is 0.0330. The van der Waals surface area contributed by atoms with Crippen LogP contribution in [0.15, 0.2) is 11.6 Å². The van der Waals surface area contributed by atoms with Gasteiger partial charge >= 0.3 is 5.97 Å². The number of carboxylic acids is 1. The molecule has 2 unspecified atom stereocenters. The number of hydrogen-bond acceptors (Lipinski definition) is 6. The van der Waals surface area contributed by atoms with E-state index in [-0.39, 0.29) is 30.0 Å². The van der Waals surface area contributed by atoms with Crippen molar-refractivity contribution >= 4 is 12.3 Å². The van der Waals surface area contributed by atoms with E-state index in [9.17, 15) is 14.7 Å². The van der Waals surface area contributed by atoms with Gasteiger partial charge < -0.3 is 24.1 Å². The van der Waals surface area contributed by atoms with Gasteiger partial charge in [-0.15, -0.1) is 0 Å². The highest BCUT2D eigenvalue weighted by Crippen LogP contribution is 2.82. The molecule has 7 heteroatoms. The van der Waals surface area contributed by atoms with Crippen LogP contribution < -0.4 is 0 Å². The van der Waals surface area contributed by atoms with E-state index in [0.29, 0.717) is 31.4 Å². The van der Waals surface area contributed by atoms with Gasteiger partial charge in [-0.3, -0.25) is 9.69 Å². The Morgan fingerprint density at radius 1 is 1.27 bits per heavy atom. The molecule has 7 nitrogen and oxygen atoms in total. The largest absolute Gasteiger partial charge is 0.481 e. The fraction of sp³-hybridized carbons (Fsp3) is 0.867. The summed E-state index contributed by atoms with van der Waals surface area (Å²) in [4.78, 5) is 29.1. The van der Waals surface area contributed by atoms with E-state index in [1.54, 1.807) is 7.11 Å². The number of hydrogen-bond donors (Lipinski definition) is 1. The van der Waals surface area contributed by atoms with Crippen LogP contribution in [-0.2, 0) is 23.8 Å². The third-order valence-electron chi connectivity index (χ3n) is 11.2. The number of methoxy groups -OCH3 is 1. The van der Waals surface area contributed by atoms with Crippen LogP contribution >= 0.6 is 0 Å². The summed E-state index contributed by atoms with van der Waals surface area (Å²) in [6.45, 7) is 13.3. The summed E-state index contributed by atoms with van der Waals surface area (Å²) in [5.41, 5.74) is -1.75. The molecule has 0 amide bonds. The monoisotopic (exact) mass is 517 g/mol. The van der Waals surface area contributed by atoms with Gasteiger partial charge in [0, 0.05) is 25.6 Å². The molecule has 3 saturated carbocycles. The number of carbonyl (C=O) groups excluding carboxylic acids is 1. The SMILES string of the molecule is CCCN1C[C@H](OCC23C[C@@H]4[C@H](C)CC[C@H]4[C@@]4(C=O)CC2C=C(C(C)C)[C@@]34C(=O)O)O[C@H](C)[C@@H](OC)C1. The first kappa shape index (κ1) is 27.3. The molecule has 5 rings (SSSR count). The minimum Gasteiger partial charge on any atom is -0.481 e. The predicted octanol–water partition coefficient (Wildman–Crippen LogP) is 4.40. The molecule has 5 aliphatic rings. The zero-order chi connectivity index (χ0) is 26.8. The Bertz CT molecular complexity index is 935. The topological polar surface area (TPSA) is 85.3 Å². The molecule has 0 aromatic heterocycles. The Balaban J connectivity index is 1.53. The van der Waals surface area contributed by atoms with Crippen LogP contribution in [0, 0.1) is 45.8 Å². The van der Waals surface area contributed by atoms with Gasteiger partial charge in [-0.25, -0.2) is 0 Å². The van der Waals surface area contributed by atoms with Gasteiger partial charge in [0.25, 0.3) is 0 Å². The lowest BCUT2D eigenvalue weighted by Gasteiger charge is -2.58. The quantitative estimate of drug-likeness (QED) is 0.358. The molecule has 4 bridgehead atoms. The van der Waals surface area contributed by atoms with Gasteiger partial charge in [0.1, 0.15) is 11.7 Å². The van der Waals surface area contributed by atoms with Crippen LogP contribution in [-0.4, -0.2) is 74.1 Å². The number of allylic oxidation sites excluding steroid dienone is 1. The molecule has 0 aromatic rings. The van der Waals surface area contributed by atoms with Crippen molar-refractivity contribution in [2.75, 3.05) is 33.4 Å². The van der Waals surface area contributed by atoms with E-state index in [2.05, 4.69) is 38.7 Å². The van der Waals surface area contributed by atoms with Gasteiger partial charge in [-0.05, 0) is 68.7 Å². The van der Waals surface area contributed by atoms with Gasteiger partial charge in [0.05, 0.1) is 24.2 Å². The maximum absolute atomic E-state index is 13.6. The summed E-state index contributed by atoms with van der Waals surface area (Å²) >= 11 is 0. The number of aldehydes is 1. The maximum Gasteiger partial charge on any atom is 0.315 e. The second-order valence-electron chi connectivity index (χ2n) is 13.1. The second kappa shape index (κ2) is 9.72. The molecule has 208 valence electrons. The van der Waals surface area contributed by atoms with E-state index in [0.717, 1.165) is 50.6 Å². The van der Waals surface area contributed by atoms with Crippen molar-refractivity contribution in [3.05, 3.63) is 11.6 Å². The molecule has 1 saturated heterocycles. The Kier molecular flexibility index (Phi) is 7.17. The number of ether oxygens (including phenoxy) is 3. The average Bonchev–Trinajstić information content (AvgIpc) is 3.38. The molecular formula is C30H47NO6. The van der Waals surface area contributed by atoms with Crippen molar-refractivity contribution in [1.82, 2.24) is 4.90 Å². The molecule has 0 aromatic carbocycles. The van der Waals surface area contributed by atoms with Crippen molar-refractivity contribution in [2.45, 2.75) is 85.2 Å². The zero-order valence-electron chi connectivity index (χ0n) is 23.6. The van der Waals surface area contributed by atoms with Gasteiger partial charge in [0.2, 0.25) is 0 Å². The van der Waals surface area contributed by atoms with Crippen LogP contribution in [0.3, 0.4) is 0 Å². The first-order valence-corrected chi connectivity index (χ1v) is 14.6. The summed E-state index contributed by atoms with van der Waals surface area (Å²) in [6, 6.07) is 0. The van der Waals surface area contributed by atoms with Crippen molar-refractivity contribution in [3.63, 3.8) is 0 Å². The number of carbonyl (C=O) groups is 2. The maximum atomic E-state index is 13.6. The number of fused-ring (bicyclic) bond motifs is 2. The average molecular weight is 518 g/mol. The fourth-order valence-electron chi connectivity index (χ4n) is 9.79. The molecule has 37 heavy (non-hydrogen) atoms. The molecule has 10 atom stereocenters. The lowest BCUT2D eigenvalue weighted by atomic mass is 9.43. The molecule has 1 N–H and O–H groups in total. The molecule has 0 radical (unpaired) electrons. The Labute approximate surface area is 222 Å². The van der Waals surface area contributed by atoms with Crippen LogP contribution in [0.2, 0.25) is 0 Å². The summed E-state index contributed by atoms with van der Waals surface area (Å²) in [5, 5.41) is 11.2. The van der Waals surface area contributed by atoms with Crippen molar-refractivity contribution < 1.29 is 28.9 Å². The van der Waals surface area contributed by atoms with E-state index in [4.69, 9.17) is 14.2 Å². The molecule has 1 aliphatic heterocycles. The van der Waals surface area contributed by atoms with Crippen LogP contribution in [0.4, 0.5) is 0 Å². The van der Waals surface area contributed by atoms with Gasteiger partial charge in [-0.2, -0.15) is 0 Å². The lowest BCUT2D eigenvalue weighted by molar-refractivity contribution is -0.220. The summed E-state index contributed by atoms with van der Waals surface area (Å²) in [6.07, 6.45) is 7.15. The molecule has 0 spiro atoms. The normalized spacial score (nSPS) is 47.1. The zero-order valence-corrected chi connectivity index (χ0v) is 23.6. The Morgan fingerprint density at radius 3 is 2.65 bits per heavy atom. The van der Waals surface area contributed by atoms with E-state index >= 15 is 0 Å². The van der Waals surface area contributed by atoms with E-state index < -0.39 is 28.5 Å². The van der Waals surface area contributed by atoms with Crippen molar-refractivity contribution in [1.29, 1.82) is 0 Å². The fourth-order valence-corrected chi connectivity index (χ4v) is 9.79. The highest BCUT2D eigenvalue weighted by atomic mass is 16.7. The van der Waals surface area contributed by atoms with Crippen LogP contribution in [0.5, 0.6) is 0 Å². The number of nitrogens with zero attached hydrogens (tertiary/aromatic N) is 1. The Morgan fingerprint density at radius 2 is 2.03 bits per heavy atom. The third kappa shape index (κ3) is 3.59. The van der Waals surface area contributed by atoms with E-state index in [1.165, 1.54) is 0 Å². The van der Waals surface area contributed by atoms with Crippen LogP contribution in [0.25, 0.3) is 0 Å². The van der Waals surface area contributed by atoms with E-state index in [1.807, 2.05) is 6.92 Å². The van der Waals surface area contributed by atoms with Crippen LogP contribution in [0.1, 0.15) is 66.7 Å². The Hall–Kier alpha value is -1.28. The standard InChI is InChI=1S/C30H47NO6/c1-7-10-31-14-25(35-6)20(5)37-26(15-31)36-17-29-13-22-19(4)8-9-23(22)28(16-32)12-21(29)11-24(18(2)3)30(28,29)27(33)34/h11,16,18-23,25-26H,7-10,12-15,17H2,1-6H3,(H,33,34)/t19-,20-,21?,22-,23-,25+,26-,28+,29?,30+/m1/s1. The van der Waals surface area contributed by atoms with Crippen molar-refractivity contribution in [3.8, 4) is 0 Å². The second-order valence-corrected chi connectivity index (χ2v) is 13.1. The first-order chi connectivity index (χ1) is 17.6.